The first-order valence-electron chi connectivity index (χ1n) is 10.9. The van der Waals surface area contributed by atoms with Gasteiger partial charge >= 0.3 is 0 Å². The van der Waals surface area contributed by atoms with Crippen molar-refractivity contribution in [3.8, 4) is 0 Å². The van der Waals surface area contributed by atoms with Crippen LogP contribution in [0.1, 0.15) is 45.7 Å². The zero-order valence-electron chi connectivity index (χ0n) is 18.6. The van der Waals surface area contributed by atoms with Gasteiger partial charge in [-0.3, -0.25) is 14.3 Å². The maximum atomic E-state index is 13.1. The number of hydrogen-bond acceptors (Lipinski definition) is 7. The molecule has 0 N–H and O–H groups in total. The number of ether oxygens (including phenoxy) is 1. The molecule has 0 aromatic carbocycles. The Kier molecular flexibility index (Phi) is 5.16. The van der Waals surface area contributed by atoms with Crippen molar-refractivity contribution in [1.29, 1.82) is 0 Å². The van der Waals surface area contributed by atoms with Gasteiger partial charge < -0.3 is 14.5 Å². The molecule has 0 radical (unpaired) electrons. The number of carbonyl (C=O) groups is 2. The first-order chi connectivity index (χ1) is 15.4. The van der Waals surface area contributed by atoms with Crippen molar-refractivity contribution in [2.24, 2.45) is 7.05 Å². The molecule has 32 heavy (non-hydrogen) atoms. The number of pyridine rings is 1. The van der Waals surface area contributed by atoms with E-state index in [0.717, 1.165) is 43.6 Å². The highest BCUT2D eigenvalue weighted by atomic mass is 16.5. The van der Waals surface area contributed by atoms with Crippen LogP contribution in [0.5, 0.6) is 0 Å². The minimum atomic E-state index is -0.153. The number of rotatable bonds is 7. The zero-order valence-corrected chi connectivity index (χ0v) is 18.6. The molecule has 2 fully saturated rings. The molecule has 10 heteroatoms. The fraction of sp³-hybridized carbons (Fsp3) is 0.500. The van der Waals surface area contributed by atoms with Crippen LogP contribution in [-0.4, -0.2) is 80.4 Å². The number of ketones is 1. The molecule has 1 amide bonds. The molecule has 1 aliphatic carbocycles. The lowest BCUT2D eigenvalue weighted by atomic mass is 10.1. The summed E-state index contributed by atoms with van der Waals surface area (Å²) in [6.45, 7) is 1.62. The maximum absolute atomic E-state index is 13.1. The van der Waals surface area contributed by atoms with Crippen molar-refractivity contribution >= 4 is 23.3 Å². The van der Waals surface area contributed by atoms with Gasteiger partial charge in [-0.05, 0) is 30.9 Å². The van der Waals surface area contributed by atoms with E-state index in [1.165, 1.54) is 10.9 Å². The van der Waals surface area contributed by atoms with E-state index < -0.39 is 0 Å². The molecule has 1 unspecified atom stereocenters. The number of fused-ring (bicyclic) bond motifs is 1. The molecular formula is C22H27N7O3. The Hall–Kier alpha value is -3.27. The molecule has 0 spiro atoms. The van der Waals surface area contributed by atoms with E-state index in [1.54, 1.807) is 30.6 Å². The number of Topliss-reactive ketones (excluding diaryl/α,β-unsaturated/α-hetero) is 1. The summed E-state index contributed by atoms with van der Waals surface area (Å²) in [6.07, 6.45) is 6.63. The molecule has 5 rings (SSSR count). The summed E-state index contributed by atoms with van der Waals surface area (Å²) in [5.74, 6) is 0.357. The summed E-state index contributed by atoms with van der Waals surface area (Å²) in [7, 11) is 5.20. The molecular weight excluding hydrogens is 410 g/mol. The average molecular weight is 438 g/mol. The van der Waals surface area contributed by atoms with E-state index >= 15 is 0 Å². The Balaban J connectivity index is 1.35. The fourth-order valence-corrected chi connectivity index (χ4v) is 4.27. The van der Waals surface area contributed by atoms with Crippen molar-refractivity contribution < 1.29 is 14.3 Å². The van der Waals surface area contributed by atoms with E-state index in [4.69, 9.17) is 4.74 Å². The third kappa shape index (κ3) is 3.75. The standard InChI is InChI=1S/C22H27N7O3/c1-26(15-5-6-15)21(31)17-11-23-27(2)20(17)18(30)10-14-4-7-19-24-22(25-29(19)12-14)28-9-8-16(13-28)32-3/h4,7,11-12,15-16H,5-6,8-10,13H2,1-3H3. The number of aromatic nitrogens is 5. The van der Waals surface area contributed by atoms with Crippen LogP contribution in [0.15, 0.2) is 24.5 Å². The summed E-state index contributed by atoms with van der Waals surface area (Å²) in [4.78, 5) is 34.4. The lowest BCUT2D eigenvalue weighted by molar-refractivity contribution is 0.0778. The second kappa shape index (κ2) is 8.01. The van der Waals surface area contributed by atoms with E-state index in [9.17, 15) is 9.59 Å². The Morgan fingerprint density at radius 2 is 2.06 bits per heavy atom. The number of amides is 1. The number of nitrogens with zero attached hydrogens (tertiary/aromatic N) is 7. The van der Waals surface area contributed by atoms with Gasteiger partial charge in [0, 0.05) is 53.0 Å². The molecule has 1 atom stereocenters. The molecule has 1 aliphatic heterocycles. The summed E-state index contributed by atoms with van der Waals surface area (Å²) in [5, 5.41) is 8.77. The number of aryl methyl sites for hydroxylation is 1. The smallest absolute Gasteiger partial charge is 0.257 e. The number of hydrogen-bond donors (Lipinski definition) is 0. The Morgan fingerprint density at radius 3 is 2.78 bits per heavy atom. The normalized spacial score (nSPS) is 18.5. The molecule has 1 saturated heterocycles. The van der Waals surface area contributed by atoms with Gasteiger partial charge in [0.15, 0.2) is 11.4 Å². The SMILES string of the molecule is COC1CCN(c2nc3ccc(CC(=O)c4c(C(=O)N(C)C5CC5)cnn4C)cn3n2)C1. The predicted octanol–water partition coefficient (Wildman–Crippen LogP) is 1.35. The van der Waals surface area contributed by atoms with Gasteiger partial charge in [-0.15, -0.1) is 5.10 Å². The van der Waals surface area contributed by atoms with Crippen LogP contribution in [0.3, 0.4) is 0 Å². The van der Waals surface area contributed by atoms with Crippen LogP contribution in [0, 0.1) is 0 Å². The average Bonchev–Trinajstić information content (AvgIpc) is 3.20. The minimum Gasteiger partial charge on any atom is -0.380 e. The van der Waals surface area contributed by atoms with Crippen molar-refractivity contribution in [1.82, 2.24) is 29.3 Å². The molecule has 10 nitrogen and oxygen atoms in total. The molecule has 4 heterocycles. The Morgan fingerprint density at radius 1 is 1.25 bits per heavy atom. The number of anilines is 1. The second-order valence-electron chi connectivity index (χ2n) is 8.62. The van der Waals surface area contributed by atoms with Crippen molar-refractivity contribution in [3.63, 3.8) is 0 Å². The minimum absolute atomic E-state index is 0.146. The highest BCUT2D eigenvalue weighted by Crippen LogP contribution is 2.27. The third-order valence-electron chi connectivity index (χ3n) is 6.36. The van der Waals surface area contributed by atoms with Crippen molar-refractivity contribution in [2.45, 2.75) is 37.8 Å². The lowest BCUT2D eigenvalue weighted by Crippen LogP contribution is -2.30. The summed E-state index contributed by atoms with van der Waals surface area (Å²) >= 11 is 0. The molecule has 3 aromatic heterocycles. The third-order valence-corrected chi connectivity index (χ3v) is 6.36. The van der Waals surface area contributed by atoms with Gasteiger partial charge in [-0.1, -0.05) is 6.07 Å². The van der Waals surface area contributed by atoms with Crippen LogP contribution >= 0.6 is 0 Å². The van der Waals surface area contributed by atoms with Crippen LogP contribution in [0.4, 0.5) is 5.95 Å². The van der Waals surface area contributed by atoms with Crippen molar-refractivity contribution in [2.75, 3.05) is 32.1 Å². The molecule has 2 aliphatic rings. The van der Waals surface area contributed by atoms with E-state index in [1.807, 2.05) is 18.3 Å². The first kappa shape index (κ1) is 20.6. The number of carbonyl (C=O) groups excluding carboxylic acids is 2. The molecule has 3 aromatic rings. The van der Waals surface area contributed by atoms with Gasteiger partial charge in [0.2, 0.25) is 5.95 Å². The topological polar surface area (TPSA) is 97.9 Å². The second-order valence-corrected chi connectivity index (χ2v) is 8.62. The maximum Gasteiger partial charge on any atom is 0.257 e. The Bertz CT molecular complexity index is 1180. The highest BCUT2D eigenvalue weighted by molar-refractivity contribution is 6.07. The van der Waals surface area contributed by atoms with Crippen molar-refractivity contribution in [3.05, 3.63) is 41.3 Å². The first-order valence-corrected chi connectivity index (χ1v) is 10.9. The van der Waals surface area contributed by atoms with E-state index in [0.29, 0.717) is 17.2 Å². The van der Waals surface area contributed by atoms with Crippen LogP contribution in [0.25, 0.3) is 5.65 Å². The summed E-state index contributed by atoms with van der Waals surface area (Å²) in [6, 6.07) is 4.01. The molecule has 0 bridgehead atoms. The van der Waals surface area contributed by atoms with Gasteiger partial charge in [-0.2, -0.15) is 10.1 Å². The summed E-state index contributed by atoms with van der Waals surface area (Å²) < 4.78 is 8.62. The number of methoxy groups -OCH3 is 1. The van der Waals surface area contributed by atoms with Crippen LogP contribution in [-0.2, 0) is 18.2 Å². The molecule has 168 valence electrons. The van der Waals surface area contributed by atoms with Gasteiger partial charge in [0.05, 0.1) is 17.9 Å². The summed E-state index contributed by atoms with van der Waals surface area (Å²) in [5.41, 5.74) is 2.21. The van der Waals surface area contributed by atoms with E-state index in [-0.39, 0.29) is 30.3 Å². The quantitative estimate of drug-likeness (QED) is 0.515. The zero-order chi connectivity index (χ0) is 22.4. The largest absolute Gasteiger partial charge is 0.380 e. The van der Waals surface area contributed by atoms with Crippen LogP contribution < -0.4 is 4.90 Å². The molecule has 1 saturated carbocycles. The fourth-order valence-electron chi connectivity index (χ4n) is 4.27. The van der Waals surface area contributed by atoms with Gasteiger partial charge in [0.25, 0.3) is 5.91 Å². The predicted molar refractivity (Wildman–Crippen MR) is 117 cm³/mol. The van der Waals surface area contributed by atoms with Gasteiger partial charge in [0.1, 0.15) is 5.69 Å². The lowest BCUT2D eigenvalue weighted by Gasteiger charge is -2.16. The monoisotopic (exact) mass is 437 g/mol. The van der Waals surface area contributed by atoms with Crippen LogP contribution in [0.2, 0.25) is 0 Å². The van der Waals surface area contributed by atoms with E-state index in [2.05, 4.69) is 20.1 Å². The Labute approximate surface area is 185 Å². The van der Waals surface area contributed by atoms with Gasteiger partial charge in [-0.25, -0.2) is 4.52 Å². The highest BCUT2D eigenvalue weighted by Gasteiger charge is 2.33.